The summed E-state index contributed by atoms with van der Waals surface area (Å²) in [5.41, 5.74) is 1.07. The number of alkyl halides is 3. The van der Waals surface area contributed by atoms with Gasteiger partial charge in [0.25, 0.3) is 0 Å². The summed E-state index contributed by atoms with van der Waals surface area (Å²) in [5, 5.41) is 0. The molecular formula is C23H27F3N2O2. The largest absolute Gasteiger partial charge is 0.497 e. The number of amides is 1. The standard InChI is InChI=1S/C23H27F3N2O2/c1-17(14-19-4-3-5-20(15-19)23(24,25)26)27-11-10-22(29)28(13-12-27)16-18-6-8-21(30-2)9-7-18/h3-9,15,17H,10-14,16H2,1-2H3. The molecule has 0 radical (unpaired) electrons. The van der Waals surface area contributed by atoms with Gasteiger partial charge >= 0.3 is 6.18 Å². The summed E-state index contributed by atoms with van der Waals surface area (Å²) in [5.74, 6) is 0.870. The number of rotatable bonds is 6. The van der Waals surface area contributed by atoms with E-state index in [1.54, 1.807) is 13.2 Å². The van der Waals surface area contributed by atoms with Gasteiger partial charge in [0, 0.05) is 38.6 Å². The van der Waals surface area contributed by atoms with Crippen molar-refractivity contribution in [2.24, 2.45) is 0 Å². The van der Waals surface area contributed by atoms with Crippen molar-refractivity contribution in [1.29, 1.82) is 0 Å². The quantitative estimate of drug-likeness (QED) is 0.695. The zero-order chi connectivity index (χ0) is 21.7. The second-order valence-electron chi connectivity index (χ2n) is 7.70. The van der Waals surface area contributed by atoms with Gasteiger partial charge < -0.3 is 9.64 Å². The third-order valence-corrected chi connectivity index (χ3v) is 5.56. The molecule has 1 unspecified atom stereocenters. The summed E-state index contributed by atoms with van der Waals surface area (Å²) in [7, 11) is 1.61. The molecule has 30 heavy (non-hydrogen) atoms. The topological polar surface area (TPSA) is 32.8 Å². The zero-order valence-electron chi connectivity index (χ0n) is 17.3. The monoisotopic (exact) mass is 420 g/mol. The SMILES string of the molecule is COc1ccc(CN2CCN(C(C)Cc3cccc(C(F)(F)F)c3)CCC2=O)cc1. The summed E-state index contributed by atoms with van der Waals surface area (Å²) in [6.45, 7) is 4.44. The maximum absolute atomic E-state index is 13.0. The summed E-state index contributed by atoms with van der Waals surface area (Å²) in [6, 6.07) is 13.2. The first-order valence-corrected chi connectivity index (χ1v) is 10.1. The van der Waals surface area contributed by atoms with Gasteiger partial charge in [-0.25, -0.2) is 0 Å². The molecule has 1 heterocycles. The molecule has 1 aliphatic rings. The van der Waals surface area contributed by atoms with Crippen LogP contribution in [0.2, 0.25) is 0 Å². The van der Waals surface area contributed by atoms with Crippen LogP contribution in [0, 0.1) is 0 Å². The zero-order valence-corrected chi connectivity index (χ0v) is 17.3. The fourth-order valence-electron chi connectivity index (χ4n) is 3.79. The summed E-state index contributed by atoms with van der Waals surface area (Å²) >= 11 is 0. The van der Waals surface area contributed by atoms with Gasteiger partial charge in [0.1, 0.15) is 5.75 Å². The number of hydrogen-bond donors (Lipinski definition) is 0. The molecule has 7 heteroatoms. The molecule has 1 fully saturated rings. The molecule has 0 bridgehead atoms. The lowest BCUT2D eigenvalue weighted by Gasteiger charge is -2.28. The van der Waals surface area contributed by atoms with Crippen molar-refractivity contribution in [2.75, 3.05) is 26.7 Å². The predicted molar refractivity (Wildman–Crippen MR) is 109 cm³/mol. The van der Waals surface area contributed by atoms with Gasteiger partial charge in [0.2, 0.25) is 5.91 Å². The Balaban J connectivity index is 1.60. The minimum absolute atomic E-state index is 0.0437. The number of benzene rings is 2. The predicted octanol–water partition coefficient (Wildman–Crippen LogP) is 4.38. The normalized spacial score (nSPS) is 17.0. The van der Waals surface area contributed by atoms with Gasteiger partial charge in [-0.05, 0) is 42.7 Å². The maximum atomic E-state index is 13.0. The first-order chi connectivity index (χ1) is 14.3. The average Bonchev–Trinajstić information content (AvgIpc) is 2.90. The number of ether oxygens (including phenoxy) is 1. The molecule has 1 saturated heterocycles. The van der Waals surface area contributed by atoms with Crippen molar-refractivity contribution in [3.05, 3.63) is 65.2 Å². The summed E-state index contributed by atoms with van der Waals surface area (Å²) in [6.07, 6.45) is -3.42. The van der Waals surface area contributed by atoms with Crippen molar-refractivity contribution >= 4 is 5.91 Å². The van der Waals surface area contributed by atoms with Crippen LogP contribution < -0.4 is 4.74 Å². The molecule has 0 N–H and O–H groups in total. The van der Waals surface area contributed by atoms with E-state index in [2.05, 4.69) is 4.90 Å². The molecule has 4 nitrogen and oxygen atoms in total. The molecular weight excluding hydrogens is 393 g/mol. The van der Waals surface area contributed by atoms with Crippen LogP contribution in [0.15, 0.2) is 48.5 Å². The Morgan fingerprint density at radius 1 is 1.03 bits per heavy atom. The highest BCUT2D eigenvalue weighted by Gasteiger charge is 2.30. The third-order valence-electron chi connectivity index (χ3n) is 5.56. The Kier molecular flexibility index (Phi) is 7.02. The van der Waals surface area contributed by atoms with Crippen molar-refractivity contribution in [3.63, 3.8) is 0 Å². The molecule has 0 aliphatic carbocycles. The highest BCUT2D eigenvalue weighted by atomic mass is 19.4. The van der Waals surface area contributed by atoms with E-state index < -0.39 is 11.7 Å². The minimum Gasteiger partial charge on any atom is -0.497 e. The van der Waals surface area contributed by atoms with Crippen molar-refractivity contribution in [2.45, 2.75) is 38.5 Å². The van der Waals surface area contributed by atoms with Crippen LogP contribution in [0.5, 0.6) is 5.75 Å². The van der Waals surface area contributed by atoms with Gasteiger partial charge in [-0.3, -0.25) is 9.69 Å². The number of methoxy groups -OCH3 is 1. The number of hydrogen-bond acceptors (Lipinski definition) is 3. The smallest absolute Gasteiger partial charge is 0.416 e. The van der Waals surface area contributed by atoms with Crippen LogP contribution in [0.25, 0.3) is 0 Å². The van der Waals surface area contributed by atoms with E-state index in [4.69, 9.17) is 4.74 Å². The molecule has 1 aliphatic heterocycles. The van der Waals surface area contributed by atoms with E-state index in [1.165, 1.54) is 12.1 Å². The Labute approximate surface area is 175 Å². The van der Waals surface area contributed by atoms with Crippen LogP contribution in [0.4, 0.5) is 13.2 Å². The second kappa shape index (κ2) is 9.51. The first-order valence-electron chi connectivity index (χ1n) is 10.1. The van der Waals surface area contributed by atoms with E-state index in [9.17, 15) is 18.0 Å². The molecule has 0 spiro atoms. The highest BCUT2D eigenvalue weighted by molar-refractivity contribution is 5.76. The van der Waals surface area contributed by atoms with E-state index in [0.29, 0.717) is 44.6 Å². The molecule has 1 amide bonds. The van der Waals surface area contributed by atoms with Crippen LogP contribution in [-0.2, 0) is 23.9 Å². The molecule has 2 aromatic carbocycles. The third kappa shape index (κ3) is 5.75. The lowest BCUT2D eigenvalue weighted by atomic mass is 10.0. The average molecular weight is 420 g/mol. The second-order valence-corrected chi connectivity index (χ2v) is 7.70. The maximum Gasteiger partial charge on any atom is 0.416 e. The van der Waals surface area contributed by atoms with Gasteiger partial charge in [0.05, 0.1) is 12.7 Å². The highest BCUT2D eigenvalue weighted by Crippen LogP contribution is 2.30. The Morgan fingerprint density at radius 3 is 2.43 bits per heavy atom. The van der Waals surface area contributed by atoms with Gasteiger partial charge in [-0.15, -0.1) is 0 Å². The van der Waals surface area contributed by atoms with Crippen LogP contribution in [0.3, 0.4) is 0 Å². The van der Waals surface area contributed by atoms with E-state index in [0.717, 1.165) is 17.4 Å². The van der Waals surface area contributed by atoms with E-state index in [-0.39, 0.29) is 11.9 Å². The Morgan fingerprint density at radius 2 is 1.77 bits per heavy atom. The molecule has 162 valence electrons. The van der Waals surface area contributed by atoms with Gasteiger partial charge in [-0.1, -0.05) is 30.3 Å². The fraction of sp³-hybridized carbons (Fsp3) is 0.435. The molecule has 0 saturated carbocycles. The first kappa shape index (κ1) is 22.2. The van der Waals surface area contributed by atoms with Crippen molar-refractivity contribution < 1.29 is 22.7 Å². The number of nitrogens with zero attached hydrogens (tertiary/aromatic N) is 2. The lowest BCUT2D eigenvalue weighted by Crippen LogP contribution is -2.38. The molecule has 1 atom stereocenters. The van der Waals surface area contributed by atoms with Crippen molar-refractivity contribution in [3.8, 4) is 5.75 Å². The Bertz CT molecular complexity index is 852. The van der Waals surface area contributed by atoms with Gasteiger partial charge in [0.15, 0.2) is 0 Å². The lowest BCUT2D eigenvalue weighted by molar-refractivity contribution is -0.137. The Hall–Kier alpha value is -2.54. The van der Waals surface area contributed by atoms with Crippen LogP contribution in [0.1, 0.15) is 30.0 Å². The van der Waals surface area contributed by atoms with E-state index in [1.807, 2.05) is 36.1 Å². The molecule has 2 aromatic rings. The van der Waals surface area contributed by atoms with Gasteiger partial charge in [-0.2, -0.15) is 13.2 Å². The summed E-state index contributed by atoms with van der Waals surface area (Å²) < 4.78 is 44.0. The van der Waals surface area contributed by atoms with E-state index >= 15 is 0 Å². The molecule has 3 rings (SSSR count). The fourth-order valence-corrected chi connectivity index (χ4v) is 3.79. The number of carbonyl (C=O) groups excluding carboxylic acids is 1. The number of carbonyl (C=O) groups is 1. The number of halogens is 3. The van der Waals surface area contributed by atoms with Crippen LogP contribution in [-0.4, -0.2) is 48.5 Å². The van der Waals surface area contributed by atoms with Crippen LogP contribution >= 0.6 is 0 Å². The minimum atomic E-state index is -4.34. The van der Waals surface area contributed by atoms with Crippen molar-refractivity contribution in [1.82, 2.24) is 9.80 Å². The molecule has 0 aromatic heterocycles. The summed E-state index contributed by atoms with van der Waals surface area (Å²) in [4.78, 5) is 16.6.